The van der Waals surface area contributed by atoms with Crippen LogP contribution < -0.4 is 9.64 Å². The molecule has 1 aliphatic rings. The third kappa shape index (κ3) is 3.66. The van der Waals surface area contributed by atoms with Gasteiger partial charge in [0.2, 0.25) is 5.78 Å². The number of hydrogen-bond acceptors (Lipinski definition) is 3. The topological polar surface area (TPSA) is 66.8 Å². The van der Waals surface area contributed by atoms with Gasteiger partial charge in [-0.3, -0.25) is 4.79 Å². The van der Waals surface area contributed by atoms with Crippen molar-refractivity contribution < 1.29 is 19.5 Å². The maximum absolute atomic E-state index is 13.0. The molecule has 0 fully saturated rings. The molecule has 0 aliphatic carbocycles. The summed E-state index contributed by atoms with van der Waals surface area (Å²) in [6.07, 6.45) is 5.79. The van der Waals surface area contributed by atoms with Crippen molar-refractivity contribution in [2.45, 2.75) is 33.2 Å². The summed E-state index contributed by atoms with van der Waals surface area (Å²) in [6, 6.07) is 11.2. The lowest BCUT2D eigenvalue weighted by atomic mass is 10.0. The molecule has 0 saturated carbocycles. The van der Waals surface area contributed by atoms with Crippen molar-refractivity contribution >= 4 is 22.8 Å². The summed E-state index contributed by atoms with van der Waals surface area (Å²) in [5.74, 6) is 0.851. The van der Waals surface area contributed by atoms with Crippen LogP contribution in [0.15, 0.2) is 48.4 Å². The van der Waals surface area contributed by atoms with E-state index < -0.39 is 0 Å². The van der Waals surface area contributed by atoms with E-state index in [1.54, 1.807) is 18.2 Å². The van der Waals surface area contributed by atoms with Crippen molar-refractivity contribution in [2.24, 2.45) is 0 Å². The molecule has 2 heterocycles. The van der Waals surface area contributed by atoms with Crippen LogP contribution in [0.5, 0.6) is 11.5 Å². The fourth-order valence-electron chi connectivity index (χ4n) is 4.08. The molecule has 5 nitrogen and oxygen atoms in total. The summed E-state index contributed by atoms with van der Waals surface area (Å²) in [4.78, 5) is 17.6. The van der Waals surface area contributed by atoms with Crippen LogP contribution in [0, 0.1) is 0 Å². The van der Waals surface area contributed by atoms with Gasteiger partial charge in [-0.15, -0.1) is 0 Å². The molecule has 0 bridgehead atoms. The van der Waals surface area contributed by atoms with Crippen molar-refractivity contribution in [3.8, 4) is 11.5 Å². The van der Waals surface area contributed by atoms with Crippen LogP contribution in [0.25, 0.3) is 17.0 Å². The summed E-state index contributed by atoms with van der Waals surface area (Å²) in [5, 5.41) is 11.5. The van der Waals surface area contributed by atoms with Gasteiger partial charge in [0.1, 0.15) is 12.3 Å². The molecule has 0 radical (unpaired) electrons. The van der Waals surface area contributed by atoms with Gasteiger partial charge in [0, 0.05) is 22.7 Å². The van der Waals surface area contributed by atoms with Gasteiger partial charge >= 0.3 is 0 Å². The van der Waals surface area contributed by atoms with E-state index in [9.17, 15) is 9.90 Å². The SMILES string of the molecule is CCC[NH+](CCC)Cc1c(O)ccc2c1O/C(=C\c1c[nH]c3ccccc13)C2=O. The van der Waals surface area contributed by atoms with Crippen molar-refractivity contribution in [2.75, 3.05) is 13.1 Å². The molecule has 150 valence electrons. The number of Topliss-reactive ketones (excluding diaryl/α,β-unsaturated/α-hetero) is 1. The molecule has 0 amide bonds. The lowest BCUT2D eigenvalue weighted by molar-refractivity contribution is -0.914. The quantitative estimate of drug-likeness (QED) is 0.538. The Hall–Kier alpha value is -3.05. The minimum absolute atomic E-state index is 0.140. The van der Waals surface area contributed by atoms with Crippen LogP contribution in [0.4, 0.5) is 0 Å². The number of ketones is 1. The van der Waals surface area contributed by atoms with E-state index in [-0.39, 0.29) is 11.5 Å². The van der Waals surface area contributed by atoms with E-state index in [1.807, 2.05) is 30.5 Å². The predicted molar refractivity (Wildman–Crippen MR) is 114 cm³/mol. The summed E-state index contributed by atoms with van der Waals surface area (Å²) in [7, 11) is 0. The zero-order valence-corrected chi connectivity index (χ0v) is 16.9. The van der Waals surface area contributed by atoms with Crippen LogP contribution >= 0.6 is 0 Å². The Labute approximate surface area is 170 Å². The zero-order valence-electron chi connectivity index (χ0n) is 16.9. The van der Waals surface area contributed by atoms with E-state index in [4.69, 9.17) is 4.74 Å². The molecular weight excluding hydrogens is 364 g/mol. The first-order valence-corrected chi connectivity index (χ1v) is 10.3. The average molecular weight is 391 g/mol. The highest BCUT2D eigenvalue weighted by atomic mass is 16.5. The van der Waals surface area contributed by atoms with Gasteiger partial charge in [-0.1, -0.05) is 32.0 Å². The van der Waals surface area contributed by atoms with E-state index >= 15 is 0 Å². The molecule has 5 heteroatoms. The number of H-pyrrole nitrogens is 1. The highest BCUT2D eigenvalue weighted by Crippen LogP contribution is 2.39. The van der Waals surface area contributed by atoms with Gasteiger partial charge in [-0.05, 0) is 37.1 Å². The van der Waals surface area contributed by atoms with Crippen LogP contribution in [0.2, 0.25) is 0 Å². The number of phenolic OH excluding ortho intramolecular Hbond substituents is 1. The Bertz CT molecular complexity index is 1070. The first-order valence-electron chi connectivity index (χ1n) is 10.3. The molecule has 29 heavy (non-hydrogen) atoms. The number of carbonyl (C=O) groups excluding carboxylic acids is 1. The Kier molecular flexibility index (Phi) is 5.41. The van der Waals surface area contributed by atoms with Crippen LogP contribution in [-0.2, 0) is 6.54 Å². The number of quaternary nitrogens is 1. The minimum Gasteiger partial charge on any atom is -0.507 e. The summed E-state index contributed by atoms with van der Waals surface area (Å²) < 4.78 is 6.03. The van der Waals surface area contributed by atoms with E-state index in [2.05, 4.69) is 18.8 Å². The third-order valence-electron chi connectivity index (χ3n) is 5.46. The monoisotopic (exact) mass is 391 g/mol. The van der Waals surface area contributed by atoms with E-state index in [1.165, 1.54) is 4.90 Å². The first-order chi connectivity index (χ1) is 14.1. The second kappa shape index (κ2) is 8.13. The molecular formula is C24H27N2O3+. The van der Waals surface area contributed by atoms with Crippen LogP contribution in [0.1, 0.15) is 48.2 Å². The predicted octanol–water partition coefficient (Wildman–Crippen LogP) is 3.69. The number of phenols is 1. The van der Waals surface area contributed by atoms with Crippen molar-refractivity contribution in [3.05, 3.63) is 65.0 Å². The van der Waals surface area contributed by atoms with Gasteiger partial charge < -0.3 is 19.7 Å². The van der Waals surface area contributed by atoms with Gasteiger partial charge in [0.25, 0.3) is 0 Å². The number of benzene rings is 2. The number of aromatic amines is 1. The van der Waals surface area contributed by atoms with Crippen molar-refractivity contribution in [1.82, 2.24) is 4.98 Å². The molecule has 1 aliphatic heterocycles. The molecule has 0 atom stereocenters. The first kappa shape index (κ1) is 19.3. The number of aromatic nitrogens is 1. The van der Waals surface area contributed by atoms with Crippen molar-refractivity contribution in [3.63, 3.8) is 0 Å². The number of carbonyl (C=O) groups is 1. The molecule has 0 saturated heterocycles. The smallest absolute Gasteiger partial charge is 0.231 e. The number of rotatable bonds is 7. The van der Waals surface area contributed by atoms with Crippen LogP contribution in [0.3, 0.4) is 0 Å². The number of ether oxygens (including phenoxy) is 1. The molecule has 3 aromatic rings. The number of fused-ring (bicyclic) bond motifs is 2. The lowest BCUT2D eigenvalue weighted by Crippen LogP contribution is -3.10. The van der Waals surface area contributed by atoms with Gasteiger partial charge in [0.05, 0.1) is 24.2 Å². The highest BCUT2D eigenvalue weighted by Gasteiger charge is 2.32. The fraction of sp³-hybridized carbons (Fsp3) is 0.292. The largest absolute Gasteiger partial charge is 0.507 e. The van der Waals surface area contributed by atoms with Gasteiger partial charge in [0.15, 0.2) is 11.5 Å². The Morgan fingerprint density at radius 2 is 1.86 bits per heavy atom. The number of allylic oxidation sites excluding steroid dienone is 1. The third-order valence-corrected chi connectivity index (χ3v) is 5.46. The van der Waals surface area contributed by atoms with E-state index in [0.717, 1.165) is 48.0 Å². The highest BCUT2D eigenvalue weighted by molar-refractivity contribution is 6.15. The Balaban J connectivity index is 1.69. The molecule has 2 aromatic carbocycles. The molecule has 0 unspecified atom stereocenters. The molecule has 3 N–H and O–H groups in total. The second-order valence-electron chi connectivity index (χ2n) is 7.60. The molecule has 4 rings (SSSR count). The standard InChI is InChI=1S/C24H26N2O3/c1-3-11-26(12-4-2)15-19-21(27)10-9-18-23(28)22(29-24(18)19)13-16-14-25-20-8-6-5-7-17(16)20/h5-10,13-14,25,27H,3-4,11-12,15H2,1-2H3/p+1/b22-13-. The fourth-order valence-corrected chi connectivity index (χ4v) is 4.08. The van der Waals surface area contributed by atoms with Crippen molar-refractivity contribution in [1.29, 1.82) is 0 Å². The van der Waals surface area contributed by atoms with Crippen LogP contribution in [-0.4, -0.2) is 29.0 Å². The maximum Gasteiger partial charge on any atom is 0.231 e. The van der Waals surface area contributed by atoms with E-state index in [0.29, 0.717) is 23.6 Å². The Morgan fingerprint density at radius 3 is 2.62 bits per heavy atom. The number of aromatic hydroxyl groups is 1. The number of nitrogens with one attached hydrogen (secondary N) is 2. The summed E-state index contributed by atoms with van der Waals surface area (Å²) >= 11 is 0. The second-order valence-corrected chi connectivity index (χ2v) is 7.60. The van der Waals surface area contributed by atoms with Gasteiger partial charge in [-0.2, -0.15) is 0 Å². The minimum atomic E-state index is -0.140. The normalized spacial score (nSPS) is 14.7. The lowest BCUT2D eigenvalue weighted by Gasteiger charge is -2.19. The maximum atomic E-state index is 13.0. The average Bonchev–Trinajstić information content (AvgIpc) is 3.26. The Morgan fingerprint density at radius 1 is 1.10 bits per heavy atom. The zero-order chi connectivity index (χ0) is 20.4. The summed E-state index contributed by atoms with van der Waals surface area (Å²) in [5.41, 5.74) is 3.16. The number of hydrogen-bond donors (Lipinski definition) is 3. The molecule has 0 spiro atoms. The number of para-hydroxylation sites is 1. The van der Waals surface area contributed by atoms with Gasteiger partial charge in [-0.25, -0.2) is 0 Å². The summed E-state index contributed by atoms with van der Waals surface area (Å²) in [6.45, 7) is 7.00. The molecule has 1 aromatic heterocycles.